The molecule has 2 rings (SSSR count). The summed E-state index contributed by atoms with van der Waals surface area (Å²) >= 11 is 0. The van der Waals surface area contributed by atoms with Crippen LogP contribution in [0.25, 0.3) is 0 Å². The molecule has 0 aliphatic heterocycles. The summed E-state index contributed by atoms with van der Waals surface area (Å²) in [5.74, 6) is -1.55. The SMILES string of the molecule is NC1CCCC1C(=O)N[C@H](Cc1ccc(O)cc1)C(=O)O. The normalized spacial score (nSPS) is 22.7. The van der Waals surface area contributed by atoms with Gasteiger partial charge in [-0.15, -0.1) is 0 Å². The van der Waals surface area contributed by atoms with Crippen LogP contribution in [0.2, 0.25) is 0 Å². The van der Waals surface area contributed by atoms with E-state index in [1.54, 1.807) is 12.1 Å². The van der Waals surface area contributed by atoms with Crippen molar-refractivity contribution in [1.82, 2.24) is 5.32 Å². The van der Waals surface area contributed by atoms with Crippen LogP contribution >= 0.6 is 0 Å². The topological polar surface area (TPSA) is 113 Å². The number of nitrogens with one attached hydrogen (secondary N) is 1. The zero-order valence-electron chi connectivity index (χ0n) is 11.7. The van der Waals surface area contributed by atoms with Crippen molar-refractivity contribution in [3.8, 4) is 5.75 Å². The highest BCUT2D eigenvalue weighted by Gasteiger charge is 2.32. The van der Waals surface area contributed by atoms with Crippen molar-refractivity contribution >= 4 is 11.9 Å². The molecule has 1 fully saturated rings. The van der Waals surface area contributed by atoms with Crippen LogP contribution in [0.4, 0.5) is 0 Å². The van der Waals surface area contributed by atoms with Gasteiger partial charge in [0.2, 0.25) is 5.91 Å². The summed E-state index contributed by atoms with van der Waals surface area (Å²) in [4.78, 5) is 23.4. The van der Waals surface area contributed by atoms with E-state index in [0.717, 1.165) is 18.4 Å². The number of amides is 1. The van der Waals surface area contributed by atoms with E-state index in [2.05, 4.69) is 5.32 Å². The number of rotatable bonds is 5. The number of phenolic OH excluding ortho intramolecular Hbond substituents is 1. The van der Waals surface area contributed by atoms with Crippen LogP contribution < -0.4 is 11.1 Å². The number of carbonyl (C=O) groups is 2. The molecule has 1 aliphatic rings. The number of phenols is 1. The van der Waals surface area contributed by atoms with E-state index in [1.165, 1.54) is 12.1 Å². The summed E-state index contributed by atoms with van der Waals surface area (Å²) in [5.41, 5.74) is 6.60. The third-order valence-corrected chi connectivity index (χ3v) is 3.90. The maximum Gasteiger partial charge on any atom is 0.326 e. The Balaban J connectivity index is 2.00. The lowest BCUT2D eigenvalue weighted by Gasteiger charge is -2.19. The standard InChI is InChI=1S/C15H20N2O4/c16-12-3-1-2-11(12)14(19)17-13(15(20)21)8-9-4-6-10(18)7-5-9/h4-7,11-13,18H,1-3,8,16H2,(H,17,19)(H,20,21)/t11?,12?,13-/m1/s1. The zero-order chi connectivity index (χ0) is 15.4. The van der Waals surface area contributed by atoms with Gasteiger partial charge in [0.05, 0.1) is 5.92 Å². The van der Waals surface area contributed by atoms with Crippen LogP contribution in [0.1, 0.15) is 24.8 Å². The minimum Gasteiger partial charge on any atom is -0.508 e. The van der Waals surface area contributed by atoms with E-state index in [-0.39, 0.29) is 30.0 Å². The molecular weight excluding hydrogens is 272 g/mol. The zero-order valence-corrected chi connectivity index (χ0v) is 11.7. The van der Waals surface area contributed by atoms with Crippen molar-refractivity contribution in [2.75, 3.05) is 0 Å². The van der Waals surface area contributed by atoms with E-state index in [0.29, 0.717) is 6.42 Å². The Morgan fingerprint density at radius 1 is 1.29 bits per heavy atom. The summed E-state index contributed by atoms with van der Waals surface area (Å²) in [5, 5.41) is 21.0. The van der Waals surface area contributed by atoms with Gasteiger partial charge in [0, 0.05) is 12.5 Å². The van der Waals surface area contributed by atoms with Crippen molar-refractivity contribution in [2.24, 2.45) is 11.7 Å². The fourth-order valence-corrected chi connectivity index (χ4v) is 2.66. The molecule has 6 nitrogen and oxygen atoms in total. The molecule has 0 saturated heterocycles. The molecule has 6 heteroatoms. The average Bonchev–Trinajstić information content (AvgIpc) is 2.86. The van der Waals surface area contributed by atoms with Crippen molar-refractivity contribution in [2.45, 2.75) is 37.8 Å². The maximum absolute atomic E-state index is 12.1. The van der Waals surface area contributed by atoms with Crippen LogP contribution in [0.5, 0.6) is 5.75 Å². The fraction of sp³-hybridized carbons (Fsp3) is 0.467. The Bertz CT molecular complexity index is 515. The minimum absolute atomic E-state index is 0.117. The van der Waals surface area contributed by atoms with Crippen LogP contribution in [0, 0.1) is 5.92 Å². The molecule has 1 aromatic rings. The third kappa shape index (κ3) is 3.95. The highest BCUT2D eigenvalue weighted by Crippen LogP contribution is 2.24. The fourth-order valence-electron chi connectivity index (χ4n) is 2.66. The molecular formula is C15H20N2O4. The number of aromatic hydroxyl groups is 1. The van der Waals surface area contributed by atoms with Gasteiger partial charge in [-0.25, -0.2) is 4.79 Å². The molecule has 0 spiro atoms. The summed E-state index contributed by atoms with van der Waals surface area (Å²) in [7, 11) is 0. The Labute approximate surface area is 123 Å². The largest absolute Gasteiger partial charge is 0.508 e. The Morgan fingerprint density at radius 2 is 1.95 bits per heavy atom. The van der Waals surface area contributed by atoms with E-state index < -0.39 is 12.0 Å². The lowest BCUT2D eigenvalue weighted by molar-refractivity contribution is -0.142. The maximum atomic E-state index is 12.1. The summed E-state index contributed by atoms with van der Waals surface area (Å²) in [6.45, 7) is 0. The van der Waals surface area contributed by atoms with Gasteiger partial charge in [-0.2, -0.15) is 0 Å². The average molecular weight is 292 g/mol. The predicted molar refractivity (Wildman–Crippen MR) is 76.7 cm³/mol. The highest BCUT2D eigenvalue weighted by molar-refractivity contribution is 5.85. The number of carboxylic acids is 1. The first-order valence-corrected chi connectivity index (χ1v) is 7.04. The first-order valence-electron chi connectivity index (χ1n) is 7.04. The third-order valence-electron chi connectivity index (χ3n) is 3.90. The number of carbonyl (C=O) groups excluding carboxylic acids is 1. The monoisotopic (exact) mass is 292 g/mol. The van der Waals surface area contributed by atoms with Gasteiger partial charge in [0.25, 0.3) is 0 Å². The van der Waals surface area contributed by atoms with Crippen molar-refractivity contribution in [3.05, 3.63) is 29.8 Å². The van der Waals surface area contributed by atoms with Crippen LogP contribution in [-0.4, -0.2) is 34.2 Å². The van der Waals surface area contributed by atoms with Crippen LogP contribution in [-0.2, 0) is 16.0 Å². The molecule has 1 aromatic carbocycles. The molecule has 0 radical (unpaired) electrons. The lowest BCUT2D eigenvalue weighted by atomic mass is 10.0. The first-order chi connectivity index (χ1) is 9.97. The van der Waals surface area contributed by atoms with E-state index in [4.69, 9.17) is 5.73 Å². The van der Waals surface area contributed by atoms with Crippen molar-refractivity contribution in [3.63, 3.8) is 0 Å². The minimum atomic E-state index is -1.08. The second kappa shape index (κ2) is 6.58. The molecule has 1 saturated carbocycles. The van der Waals surface area contributed by atoms with Crippen molar-refractivity contribution < 1.29 is 19.8 Å². The Morgan fingerprint density at radius 3 is 2.48 bits per heavy atom. The summed E-state index contributed by atoms with van der Waals surface area (Å²) in [6.07, 6.45) is 2.57. The molecule has 0 bridgehead atoms. The van der Waals surface area contributed by atoms with E-state index in [1.807, 2.05) is 0 Å². The molecule has 0 aromatic heterocycles. The lowest BCUT2D eigenvalue weighted by Crippen LogP contribution is -2.47. The highest BCUT2D eigenvalue weighted by atomic mass is 16.4. The number of benzene rings is 1. The van der Waals surface area contributed by atoms with Gasteiger partial charge < -0.3 is 21.3 Å². The molecule has 3 atom stereocenters. The Kier molecular flexibility index (Phi) is 4.80. The van der Waals surface area contributed by atoms with Gasteiger partial charge in [0.15, 0.2) is 0 Å². The molecule has 2 unspecified atom stereocenters. The molecule has 1 amide bonds. The van der Waals surface area contributed by atoms with E-state index >= 15 is 0 Å². The quantitative estimate of drug-likeness (QED) is 0.636. The smallest absolute Gasteiger partial charge is 0.326 e. The second-order valence-electron chi connectivity index (χ2n) is 5.47. The van der Waals surface area contributed by atoms with Crippen molar-refractivity contribution in [1.29, 1.82) is 0 Å². The number of carboxylic acid groups (broad SMARTS) is 1. The van der Waals surface area contributed by atoms with E-state index in [9.17, 15) is 19.8 Å². The molecule has 1 aliphatic carbocycles. The molecule has 5 N–H and O–H groups in total. The number of hydrogen-bond acceptors (Lipinski definition) is 4. The number of hydrogen-bond donors (Lipinski definition) is 4. The summed E-state index contributed by atoms with van der Waals surface area (Å²) in [6, 6.07) is 5.08. The van der Waals surface area contributed by atoms with Gasteiger partial charge in [-0.3, -0.25) is 4.79 Å². The summed E-state index contributed by atoms with van der Waals surface area (Å²) < 4.78 is 0. The molecule has 21 heavy (non-hydrogen) atoms. The van der Waals surface area contributed by atoms with Gasteiger partial charge in [0.1, 0.15) is 11.8 Å². The number of nitrogens with two attached hydrogens (primary N) is 1. The van der Waals surface area contributed by atoms with Crippen LogP contribution in [0.3, 0.4) is 0 Å². The van der Waals surface area contributed by atoms with Crippen LogP contribution in [0.15, 0.2) is 24.3 Å². The Hall–Kier alpha value is -2.08. The number of aliphatic carboxylic acids is 1. The molecule has 0 heterocycles. The van der Waals surface area contributed by atoms with Gasteiger partial charge >= 0.3 is 5.97 Å². The first kappa shape index (κ1) is 15.3. The predicted octanol–water partition coefficient (Wildman–Crippen LogP) is 0.631. The van der Waals surface area contributed by atoms with Gasteiger partial charge in [-0.05, 0) is 30.5 Å². The molecule has 114 valence electrons. The second-order valence-corrected chi connectivity index (χ2v) is 5.47. The van der Waals surface area contributed by atoms with Gasteiger partial charge in [-0.1, -0.05) is 18.6 Å².